The number of amides is 2. The van der Waals surface area contributed by atoms with Gasteiger partial charge in [0.25, 0.3) is 0 Å². The topological polar surface area (TPSA) is 79.2 Å². The Kier molecular flexibility index (Phi) is 4.88. The summed E-state index contributed by atoms with van der Waals surface area (Å²) in [5.41, 5.74) is 1.36. The summed E-state index contributed by atoms with van der Waals surface area (Å²) >= 11 is 0. The van der Waals surface area contributed by atoms with E-state index in [0.29, 0.717) is 37.7 Å². The van der Waals surface area contributed by atoms with E-state index in [1.807, 2.05) is 25.3 Å². The second-order valence-corrected chi connectivity index (χ2v) is 6.55. The first-order valence-electron chi connectivity index (χ1n) is 8.99. The lowest BCUT2D eigenvalue weighted by atomic mass is 10.3. The molecule has 1 aromatic carbocycles. The Morgan fingerprint density at radius 2 is 1.86 bits per heavy atom. The van der Waals surface area contributed by atoms with Crippen LogP contribution >= 0.6 is 0 Å². The minimum Gasteiger partial charge on any atom is -0.353 e. The van der Waals surface area contributed by atoms with Gasteiger partial charge in [-0.05, 0) is 31.2 Å². The van der Waals surface area contributed by atoms with E-state index in [1.54, 1.807) is 21.7 Å². The van der Waals surface area contributed by atoms with Crippen LogP contribution in [-0.4, -0.2) is 56.9 Å². The molecule has 0 aliphatic carbocycles. The first-order chi connectivity index (χ1) is 13.6. The molecule has 1 N–H and O–H groups in total. The normalized spacial score (nSPS) is 14.2. The van der Waals surface area contributed by atoms with Crippen molar-refractivity contribution in [2.45, 2.75) is 6.92 Å². The van der Waals surface area contributed by atoms with Gasteiger partial charge in [0.1, 0.15) is 18.0 Å². The van der Waals surface area contributed by atoms with Crippen LogP contribution in [0.2, 0.25) is 0 Å². The van der Waals surface area contributed by atoms with Crippen LogP contribution in [-0.2, 0) is 0 Å². The number of hydrogen-bond donors (Lipinski definition) is 1. The van der Waals surface area contributed by atoms with Crippen LogP contribution in [0.4, 0.5) is 20.7 Å². The predicted molar refractivity (Wildman–Crippen MR) is 103 cm³/mol. The van der Waals surface area contributed by atoms with Gasteiger partial charge < -0.3 is 15.1 Å². The third-order valence-electron chi connectivity index (χ3n) is 4.56. The molecule has 0 radical (unpaired) electrons. The van der Waals surface area contributed by atoms with Crippen LogP contribution in [0, 0.1) is 12.7 Å². The second kappa shape index (κ2) is 7.63. The number of rotatable bonds is 3. The molecule has 1 fully saturated rings. The second-order valence-electron chi connectivity index (χ2n) is 6.55. The molecule has 0 spiro atoms. The summed E-state index contributed by atoms with van der Waals surface area (Å²) in [5.74, 6) is 1.11. The van der Waals surface area contributed by atoms with E-state index < -0.39 is 0 Å². The number of hydrogen-bond acceptors (Lipinski definition) is 5. The fraction of sp³-hybridized carbons (Fsp3) is 0.263. The number of halogens is 1. The molecule has 9 heteroatoms. The smallest absolute Gasteiger partial charge is 0.321 e. The molecule has 2 amide bonds. The highest BCUT2D eigenvalue weighted by molar-refractivity contribution is 5.89. The Labute approximate surface area is 161 Å². The van der Waals surface area contributed by atoms with Crippen LogP contribution in [0.3, 0.4) is 0 Å². The predicted octanol–water partition coefficient (Wildman–Crippen LogP) is 2.46. The fourth-order valence-corrected chi connectivity index (χ4v) is 3.09. The number of anilines is 2. The van der Waals surface area contributed by atoms with Crippen molar-refractivity contribution in [2.75, 3.05) is 36.4 Å². The summed E-state index contributed by atoms with van der Waals surface area (Å²) in [7, 11) is 0. The van der Waals surface area contributed by atoms with Crippen molar-refractivity contribution >= 4 is 17.5 Å². The van der Waals surface area contributed by atoms with Crippen molar-refractivity contribution < 1.29 is 9.18 Å². The van der Waals surface area contributed by atoms with Gasteiger partial charge in [0.2, 0.25) is 0 Å². The van der Waals surface area contributed by atoms with Crippen molar-refractivity contribution in [2.24, 2.45) is 0 Å². The quantitative estimate of drug-likeness (QED) is 0.754. The Hall–Kier alpha value is -3.49. The van der Waals surface area contributed by atoms with E-state index in [9.17, 15) is 9.18 Å². The maximum Gasteiger partial charge on any atom is 0.321 e. The Morgan fingerprint density at radius 3 is 2.57 bits per heavy atom. The average molecular weight is 381 g/mol. The van der Waals surface area contributed by atoms with Gasteiger partial charge in [-0.3, -0.25) is 0 Å². The zero-order valence-corrected chi connectivity index (χ0v) is 15.4. The van der Waals surface area contributed by atoms with Crippen LogP contribution < -0.4 is 10.2 Å². The summed E-state index contributed by atoms with van der Waals surface area (Å²) in [5, 5.41) is 7.10. The summed E-state index contributed by atoms with van der Waals surface area (Å²) in [4.78, 5) is 24.8. The van der Waals surface area contributed by atoms with Gasteiger partial charge in [0.05, 0.1) is 5.69 Å². The summed E-state index contributed by atoms with van der Waals surface area (Å²) in [6.45, 7) is 4.30. The van der Waals surface area contributed by atoms with Crippen molar-refractivity contribution in [3.05, 3.63) is 60.4 Å². The van der Waals surface area contributed by atoms with Crippen LogP contribution in [0.5, 0.6) is 0 Å². The molecule has 1 saturated heterocycles. The molecule has 0 bridgehead atoms. The molecule has 3 heterocycles. The molecule has 0 saturated carbocycles. The van der Waals surface area contributed by atoms with Crippen LogP contribution in [0.15, 0.2) is 48.9 Å². The molecule has 1 aliphatic heterocycles. The molecular weight excluding hydrogens is 361 g/mol. The van der Waals surface area contributed by atoms with Crippen molar-refractivity contribution in [3.8, 4) is 5.82 Å². The van der Waals surface area contributed by atoms with Gasteiger partial charge in [-0.2, -0.15) is 5.10 Å². The summed E-state index contributed by atoms with van der Waals surface area (Å²) < 4.78 is 15.0. The molecule has 0 unspecified atom stereocenters. The van der Waals surface area contributed by atoms with E-state index in [2.05, 4.69) is 25.3 Å². The number of carbonyl (C=O) groups excluding carboxylic acids is 1. The minimum absolute atomic E-state index is 0.236. The SMILES string of the molecule is Cc1ccn(-c2cc(N3CCN(C(=O)Nc4cccc(F)c4)CC3)ncn2)n1. The standard InChI is InChI=1S/C19H20FN7O/c1-14-5-6-27(24-14)18-12-17(21-13-22-18)25-7-9-26(10-8-25)19(28)23-16-4-2-3-15(20)11-16/h2-6,11-13H,7-10H2,1H3,(H,23,28). The third-order valence-corrected chi connectivity index (χ3v) is 4.56. The number of urea groups is 1. The van der Waals surface area contributed by atoms with E-state index in [1.165, 1.54) is 18.5 Å². The molecule has 1 aliphatic rings. The number of benzene rings is 1. The summed E-state index contributed by atoms with van der Waals surface area (Å²) in [6, 6.07) is 9.43. The van der Waals surface area contributed by atoms with E-state index in [4.69, 9.17) is 0 Å². The number of aromatic nitrogens is 4. The van der Waals surface area contributed by atoms with Crippen molar-refractivity contribution in [1.29, 1.82) is 0 Å². The molecule has 2 aromatic heterocycles. The zero-order valence-electron chi connectivity index (χ0n) is 15.4. The average Bonchev–Trinajstić information content (AvgIpc) is 3.15. The van der Waals surface area contributed by atoms with Gasteiger partial charge in [-0.1, -0.05) is 6.07 Å². The molecule has 28 heavy (non-hydrogen) atoms. The van der Waals surface area contributed by atoms with Gasteiger partial charge in [-0.15, -0.1) is 0 Å². The molecule has 4 rings (SSSR count). The van der Waals surface area contributed by atoms with Gasteiger partial charge in [-0.25, -0.2) is 23.8 Å². The number of piperazine rings is 1. The lowest BCUT2D eigenvalue weighted by Gasteiger charge is -2.35. The number of carbonyl (C=O) groups is 1. The number of aryl methyl sites for hydroxylation is 1. The minimum atomic E-state index is -0.380. The fourth-order valence-electron chi connectivity index (χ4n) is 3.09. The molecule has 3 aromatic rings. The molecular formula is C19H20FN7O. The van der Waals surface area contributed by atoms with Gasteiger partial charge >= 0.3 is 6.03 Å². The maximum absolute atomic E-state index is 13.3. The number of nitrogens with zero attached hydrogens (tertiary/aromatic N) is 6. The number of nitrogens with one attached hydrogen (secondary N) is 1. The first-order valence-corrected chi connectivity index (χ1v) is 8.99. The monoisotopic (exact) mass is 381 g/mol. The third kappa shape index (κ3) is 3.93. The molecule has 8 nitrogen and oxygen atoms in total. The molecule has 0 atom stereocenters. The highest BCUT2D eigenvalue weighted by Crippen LogP contribution is 2.17. The Balaban J connectivity index is 1.38. The van der Waals surface area contributed by atoms with Crippen LogP contribution in [0.25, 0.3) is 5.82 Å². The van der Waals surface area contributed by atoms with Gasteiger partial charge in [0, 0.05) is 44.1 Å². The van der Waals surface area contributed by atoms with Crippen LogP contribution in [0.1, 0.15) is 5.69 Å². The lowest BCUT2D eigenvalue weighted by Crippen LogP contribution is -2.50. The Bertz CT molecular complexity index is 982. The van der Waals surface area contributed by atoms with E-state index in [0.717, 1.165) is 11.5 Å². The van der Waals surface area contributed by atoms with Gasteiger partial charge in [0.15, 0.2) is 5.82 Å². The van der Waals surface area contributed by atoms with E-state index >= 15 is 0 Å². The van der Waals surface area contributed by atoms with E-state index in [-0.39, 0.29) is 11.8 Å². The Morgan fingerprint density at radius 1 is 1.07 bits per heavy atom. The highest BCUT2D eigenvalue weighted by Gasteiger charge is 2.22. The first kappa shape index (κ1) is 17.9. The largest absolute Gasteiger partial charge is 0.353 e. The maximum atomic E-state index is 13.3. The van der Waals surface area contributed by atoms with Crippen molar-refractivity contribution in [3.63, 3.8) is 0 Å². The highest BCUT2D eigenvalue weighted by atomic mass is 19.1. The lowest BCUT2D eigenvalue weighted by molar-refractivity contribution is 0.208. The zero-order chi connectivity index (χ0) is 19.5. The molecule has 144 valence electrons. The summed E-state index contributed by atoms with van der Waals surface area (Å²) in [6.07, 6.45) is 3.38. The van der Waals surface area contributed by atoms with Crippen molar-refractivity contribution in [1.82, 2.24) is 24.6 Å².